The number of nitrogens with zero attached hydrogens (tertiary/aromatic N) is 3. The van der Waals surface area contributed by atoms with Gasteiger partial charge in [0, 0.05) is 28.3 Å². The Morgan fingerprint density at radius 1 is 0.786 bits per heavy atom. The molecule has 0 fully saturated rings. The topological polar surface area (TPSA) is 30.2 Å². The predicted molar refractivity (Wildman–Crippen MR) is 106 cm³/mol. The van der Waals surface area contributed by atoms with Crippen LogP contribution in [0, 0.1) is 11.6 Å². The Labute approximate surface area is 163 Å². The lowest BCUT2D eigenvalue weighted by atomic mass is 10.0. The summed E-state index contributed by atoms with van der Waals surface area (Å²) < 4.78 is 29.2. The molecule has 0 aliphatic rings. The molecule has 3 aromatic heterocycles. The lowest BCUT2D eigenvalue weighted by Crippen LogP contribution is -1.97. The Bertz CT molecular complexity index is 1360. The highest BCUT2D eigenvalue weighted by atomic mass is 35.5. The zero-order valence-electron chi connectivity index (χ0n) is 14.4. The van der Waals surface area contributed by atoms with E-state index in [9.17, 15) is 8.78 Å². The van der Waals surface area contributed by atoms with E-state index in [1.165, 1.54) is 24.3 Å². The maximum Gasteiger partial charge on any atom is 0.146 e. The molecule has 2 aromatic carbocycles. The summed E-state index contributed by atoms with van der Waals surface area (Å²) in [6, 6.07) is 16.3. The number of aromatic nitrogens is 3. The number of benzene rings is 2. The van der Waals surface area contributed by atoms with Gasteiger partial charge in [0.25, 0.3) is 0 Å². The smallest absolute Gasteiger partial charge is 0.146 e. The summed E-state index contributed by atoms with van der Waals surface area (Å²) >= 11 is 6.32. The molecule has 0 aliphatic heterocycles. The molecule has 3 nitrogen and oxygen atoms in total. The first-order valence-corrected chi connectivity index (χ1v) is 8.96. The van der Waals surface area contributed by atoms with E-state index in [0.717, 1.165) is 10.9 Å². The van der Waals surface area contributed by atoms with Gasteiger partial charge >= 0.3 is 0 Å². The zero-order chi connectivity index (χ0) is 19.3. The maximum atomic E-state index is 13.8. The highest BCUT2D eigenvalue weighted by molar-refractivity contribution is 6.33. The molecule has 5 rings (SSSR count). The van der Waals surface area contributed by atoms with Crippen LogP contribution in [0.1, 0.15) is 0 Å². The fourth-order valence-electron chi connectivity index (χ4n) is 3.44. The number of fused-ring (bicyclic) bond motifs is 3. The second-order valence-corrected chi connectivity index (χ2v) is 6.82. The van der Waals surface area contributed by atoms with Crippen molar-refractivity contribution in [1.82, 2.24) is 14.4 Å². The highest BCUT2D eigenvalue weighted by Gasteiger charge is 2.17. The minimum atomic E-state index is -0.406. The van der Waals surface area contributed by atoms with Gasteiger partial charge < -0.3 is 0 Å². The van der Waals surface area contributed by atoms with Crippen LogP contribution < -0.4 is 0 Å². The molecule has 0 amide bonds. The van der Waals surface area contributed by atoms with Crippen molar-refractivity contribution >= 4 is 28.3 Å². The average Bonchev–Trinajstić information content (AvgIpc) is 3.13. The Kier molecular flexibility index (Phi) is 3.84. The van der Waals surface area contributed by atoms with Crippen molar-refractivity contribution < 1.29 is 8.78 Å². The summed E-state index contributed by atoms with van der Waals surface area (Å²) in [5, 5.41) is 1.15. The molecule has 3 heterocycles. The molecule has 5 aromatic rings. The monoisotopic (exact) mass is 391 g/mol. The number of pyridine rings is 2. The number of hydrogen-bond donors (Lipinski definition) is 0. The molecule has 0 atom stereocenters. The minimum Gasteiger partial charge on any atom is -0.276 e. The minimum absolute atomic E-state index is 0.292. The standard InChI is InChI=1S/C22H12ClF2N3/c23-19-11-16(25)6-7-17(19)18-10-14-4-2-8-26-21(14)28-20(12-27-22(18)28)13-3-1-5-15(24)9-13/h1-12H. The van der Waals surface area contributed by atoms with E-state index in [0.29, 0.717) is 33.1 Å². The Morgan fingerprint density at radius 3 is 2.46 bits per heavy atom. The van der Waals surface area contributed by atoms with Gasteiger partial charge in [0.15, 0.2) is 0 Å². The Hall–Kier alpha value is -3.31. The number of rotatable bonds is 2. The highest BCUT2D eigenvalue weighted by Crippen LogP contribution is 2.36. The van der Waals surface area contributed by atoms with Gasteiger partial charge in [0.2, 0.25) is 0 Å². The zero-order valence-corrected chi connectivity index (χ0v) is 15.2. The van der Waals surface area contributed by atoms with Crippen molar-refractivity contribution in [3.05, 3.63) is 89.7 Å². The van der Waals surface area contributed by atoms with Crippen LogP contribution in [0.3, 0.4) is 0 Å². The molecule has 0 saturated heterocycles. The van der Waals surface area contributed by atoms with Crippen molar-refractivity contribution in [3.8, 4) is 22.4 Å². The molecule has 136 valence electrons. The first-order valence-electron chi connectivity index (χ1n) is 8.58. The fourth-order valence-corrected chi connectivity index (χ4v) is 3.71. The van der Waals surface area contributed by atoms with Crippen LogP contribution in [0.5, 0.6) is 0 Å². The van der Waals surface area contributed by atoms with E-state index >= 15 is 0 Å². The van der Waals surface area contributed by atoms with Crippen molar-refractivity contribution in [3.63, 3.8) is 0 Å². The quantitative estimate of drug-likeness (QED) is 0.361. The van der Waals surface area contributed by atoms with Gasteiger partial charge in [0.1, 0.15) is 22.9 Å². The van der Waals surface area contributed by atoms with Crippen LogP contribution >= 0.6 is 11.6 Å². The molecular formula is C22H12ClF2N3. The van der Waals surface area contributed by atoms with Crippen LogP contribution in [0.2, 0.25) is 5.02 Å². The molecular weight excluding hydrogens is 380 g/mol. The third-order valence-electron chi connectivity index (χ3n) is 4.67. The van der Waals surface area contributed by atoms with Gasteiger partial charge in [-0.3, -0.25) is 4.40 Å². The summed E-state index contributed by atoms with van der Waals surface area (Å²) in [5.41, 5.74) is 4.10. The lowest BCUT2D eigenvalue weighted by Gasteiger charge is -2.11. The van der Waals surface area contributed by atoms with Gasteiger partial charge in [-0.25, -0.2) is 18.7 Å². The summed E-state index contributed by atoms with van der Waals surface area (Å²) in [7, 11) is 0. The number of hydrogen-bond acceptors (Lipinski definition) is 2. The Balaban J connectivity index is 1.90. The fraction of sp³-hybridized carbons (Fsp3) is 0. The van der Waals surface area contributed by atoms with E-state index in [1.54, 1.807) is 24.5 Å². The first kappa shape index (κ1) is 16.8. The third-order valence-corrected chi connectivity index (χ3v) is 4.99. The summed E-state index contributed by atoms with van der Waals surface area (Å²) in [4.78, 5) is 9.06. The summed E-state index contributed by atoms with van der Waals surface area (Å²) in [6.45, 7) is 0. The lowest BCUT2D eigenvalue weighted by molar-refractivity contribution is 0.628. The Morgan fingerprint density at radius 2 is 1.64 bits per heavy atom. The SMILES string of the molecule is Fc1cccc(-c2cnc3c(-c4ccc(F)cc4Cl)cc4cccnc4n23)c1. The van der Waals surface area contributed by atoms with E-state index < -0.39 is 5.82 Å². The molecule has 0 N–H and O–H groups in total. The van der Waals surface area contributed by atoms with Crippen LogP contribution in [-0.4, -0.2) is 14.4 Å². The maximum absolute atomic E-state index is 13.8. The van der Waals surface area contributed by atoms with Crippen molar-refractivity contribution in [2.75, 3.05) is 0 Å². The first-order chi connectivity index (χ1) is 13.6. The molecule has 0 radical (unpaired) electrons. The number of halogens is 3. The van der Waals surface area contributed by atoms with Gasteiger partial charge in [-0.05, 0) is 48.5 Å². The summed E-state index contributed by atoms with van der Waals surface area (Å²) in [6.07, 6.45) is 3.38. The number of imidazole rings is 1. The third kappa shape index (κ3) is 2.63. The van der Waals surface area contributed by atoms with Crippen LogP contribution in [0.15, 0.2) is 73.1 Å². The average molecular weight is 392 g/mol. The molecule has 0 bridgehead atoms. The van der Waals surface area contributed by atoms with Crippen molar-refractivity contribution in [2.45, 2.75) is 0 Å². The normalized spacial score (nSPS) is 11.4. The predicted octanol–water partition coefficient (Wildman–Crippen LogP) is 6.15. The second kappa shape index (κ2) is 6.39. The summed E-state index contributed by atoms with van der Waals surface area (Å²) in [5.74, 6) is -0.738. The molecule has 0 spiro atoms. The molecule has 28 heavy (non-hydrogen) atoms. The molecule has 0 saturated carbocycles. The molecule has 6 heteroatoms. The van der Waals surface area contributed by atoms with E-state index in [1.807, 2.05) is 28.7 Å². The molecule has 0 aliphatic carbocycles. The van der Waals surface area contributed by atoms with Gasteiger partial charge in [0.05, 0.1) is 16.9 Å². The van der Waals surface area contributed by atoms with Gasteiger partial charge in [-0.1, -0.05) is 23.7 Å². The van der Waals surface area contributed by atoms with E-state index in [2.05, 4.69) is 9.97 Å². The van der Waals surface area contributed by atoms with Crippen LogP contribution in [0.4, 0.5) is 8.78 Å². The molecule has 0 unspecified atom stereocenters. The second-order valence-electron chi connectivity index (χ2n) is 6.41. The van der Waals surface area contributed by atoms with Crippen molar-refractivity contribution in [2.24, 2.45) is 0 Å². The van der Waals surface area contributed by atoms with Crippen LogP contribution in [-0.2, 0) is 0 Å². The van der Waals surface area contributed by atoms with E-state index in [-0.39, 0.29) is 5.82 Å². The van der Waals surface area contributed by atoms with Gasteiger partial charge in [-0.2, -0.15) is 0 Å². The van der Waals surface area contributed by atoms with Gasteiger partial charge in [-0.15, -0.1) is 0 Å². The van der Waals surface area contributed by atoms with Crippen LogP contribution in [0.25, 0.3) is 39.1 Å². The largest absolute Gasteiger partial charge is 0.276 e. The van der Waals surface area contributed by atoms with Crippen molar-refractivity contribution in [1.29, 1.82) is 0 Å². The van der Waals surface area contributed by atoms with E-state index in [4.69, 9.17) is 11.6 Å².